The second kappa shape index (κ2) is 3.81. The molecule has 0 aliphatic carbocycles. The lowest BCUT2D eigenvalue weighted by atomic mass is 10.1. The number of aliphatic hydroxyl groups excluding tert-OH is 1. The molecule has 0 saturated carbocycles. The number of halogens is 1. The number of benzene rings is 1. The van der Waals surface area contributed by atoms with E-state index < -0.39 is 12.1 Å². The Hall–Kier alpha value is -1.52. The van der Waals surface area contributed by atoms with Crippen molar-refractivity contribution in [3.8, 4) is 0 Å². The molecule has 1 heterocycles. The van der Waals surface area contributed by atoms with Crippen molar-refractivity contribution in [3.05, 3.63) is 35.0 Å². The van der Waals surface area contributed by atoms with Crippen LogP contribution in [0.5, 0.6) is 0 Å². The topological polar surface area (TPSA) is 62.5 Å². The average molecular weight is 240 g/mol. The summed E-state index contributed by atoms with van der Waals surface area (Å²) < 4.78 is 1.71. The summed E-state index contributed by atoms with van der Waals surface area (Å²) in [5.41, 5.74) is 0.988. The molecule has 1 aromatic carbocycles. The highest BCUT2D eigenvalue weighted by molar-refractivity contribution is 6.35. The average Bonchev–Trinajstić information content (AvgIpc) is 2.54. The van der Waals surface area contributed by atoms with Gasteiger partial charge in [-0.25, -0.2) is 4.79 Å². The number of para-hydroxylation sites is 1. The van der Waals surface area contributed by atoms with E-state index in [2.05, 4.69) is 0 Å². The number of nitrogens with zero attached hydrogens (tertiary/aromatic N) is 1. The lowest BCUT2D eigenvalue weighted by Crippen LogP contribution is -2.11. The Kier molecular flexibility index (Phi) is 2.61. The van der Waals surface area contributed by atoms with Crippen LogP contribution in [-0.4, -0.2) is 20.7 Å². The van der Waals surface area contributed by atoms with Gasteiger partial charge in [0, 0.05) is 24.2 Å². The van der Waals surface area contributed by atoms with Gasteiger partial charge in [-0.05, 0) is 0 Å². The minimum atomic E-state index is -1.53. The van der Waals surface area contributed by atoms with E-state index >= 15 is 0 Å². The van der Waals surface area contributed by atoms with Gasteiger partial charge < -0.3 is 14.8 Å². The first-order valence-corrected chi connectivity index (χ1v) is 5.04. The normalized spacial score (nSPS) is 12.9. The summed E-state index contributed by atoms with van der Waals surface area (Å²) in [5.74, 6) is -1.27. The second-order valence-corrected chi connectivity index (χ2v) is 3.98. The van der Waals surface area contributed by atoms with Crippen molar-refractivity contribution >= 4 is 28.5 Å². The highest BCUT2D eigenvalue weighted by Crippen LogP contribution is 2.30. The molecule has 1 unspecified atom stereocenters. The standard InChI is InChI=1S/C11H10ClNO3/c1-13-5-8(12)6-3-2-4-7(9(6)13)10(14)11(15)16/h2-5,10,14H,1H3,(H,15,16). The van der Waals surface area contributed by atoms with E-state index in [0.717, 1.165) is 5.39 Å². The molecule has 0 aliphatic heterocycles. The number of hydrogen-bond donors (Lipinski definition) is 2. The van der Waals surface area contributed by atoms with E-state index in [1.165, 1.54) is 0 Å². The van der Waals surface area contributed by atoms with Gasteiger partial charge in [-0.3, -0.25) is 0 Å². The largest absolute Gasteiger partial charge is 0.479 e. The Bertz CT molecular complexity index is 562. The molecule has 1 atom stereocenters. The molecule has 2 rings (SSSR count). The number of carbonyl (C=O) groups is 1. The van der Waals surface area contributed by atoms with Gasteiger partial charge in [-0.15, -0.1) is 0 Å². The first kappa shape index (κ1) is 11.0. The third-order valence-corrected chi connectivity index (χ3v) is 2.81. The molecule has 0 aliphatic rings. The molecule has 0 bridgehead atoms. The third kappa shape index (κ3) is 1.56. The zero-order chi connectivity index (χ0) is 11.9. The minimum Gasteiger partial charge on any atom is -0.479 e. The molecule has 16 heavy (non-hydrogen) atoms. The summed E-state index contributed by atoms with van der Waals surface area (Å²) in [4.78, 5) is 10.8. The van der Waals surface area contributed by atoms with Crippen molar-refractivity contribution in [1.82, 2.24) is 4.57 Å². The van der Waals surface area contributed by atoms with Gasteiger partial charge in [0.2, 0.25) is 0 Å². The fourth-order valence-electron chi connectivity index (χ4n) is 1.81. The van der Waals surface area contributed by atoms with E-state index in [4.69, 9.17) is 16.7 Å². The van der Waals surface area contributed by atoms with Crippen LogP contribution in [0, 0.1) is 0 Å². The summed E-state index contributed by atoms with van der Waals surface area (Å²) in [5, 5.41) is 19.7. The lowest BCUT2D eigenvalue weighted by Gasteiger charge is -2.09. The highest BCUT2D eigenvalue weighted by atomic mass is 35.5. The van der Waals surface area contributed by atoms with Crippen LogP contribution in [0.25, 0.3) is 10.9 Å². The molecule has 5 heteroatoms. The number of fused-ring (bicyclic) bond motifs is 1. The molecular weight excluding hydrogens is 230 g/mol. The molecular formula is C11H10ClNO3. The van der Waals surface area contributed by atoms with Crippen LogP contribution in [0.15, 0.2) is 24.4 Å². The predicted octanol–water partition coefficient (Wildman–Crippen LogP) is 1.95. The number of aliphatic carboxylic acids is 1. The number of aryl methyl sites for hydroxylation is 1. The van der Waals surface area contributed by atoms with Crippen molar-refractivity contribution in [2.75, 3.05) is 0 Å². The molecule has 1 aromatic heterocycles. The van der Waals surface area contributed by atoms with E-state index in [9.17, 15) is 9.90 Å². The van der Waals surface area contributed by atoms with Crippen molar-refractivity contribution in [2.24, 2.45) is 7.05 Å². The molecule has 0 fully saturated rings. The number of rotatable bonds is 2. The second-order valence-electron chi connectivity index (χ2n) is 3.57. The van der Waals surface area contributed by atoms with Gasteiger partial charge in [0.1, 0.15) is 0 Å². The highest BCUT2D eigenvalue weighted by Gasteiger charge is 2.20. The Morgan fingerprint density at radius 2 is 2.19 bits per heavy atom. The van der Waals surface area contributed by atoms with Crippen LogP contribution >= 0.6 is 11.6 Å². The fourth-order valence-corrected chi connectivity index (χ4v) is 2.10. The summed E-state index contributed by atoms with van der Waals surface area (Å²) in [7, 11) is 1.76. The van der Waals surface area contributed by atoms with Crippen LogP contribution in [0.4, 0.5) is 0 Å². The van der Waals surface area contributed by atoms with Crippen LogP contribution in [0.2, 0.25) is 5.02 Å². The van der Waals surface area contributed by atoms with Gasteiger partial charge in [0.05, 0.1) is 10.5 Å². The Balaban J connectivity index is 2.75. The zero-order valence-electron chi connectivity index (χ0n) is 8.51. The summed E-state index contributed by atoms with van der Waals surface area (Å²) >= 11 is 5.98. The maximum atomic E-state index is 10.8. The summed E-state index contributed by atoms with van der Waals surface area (Å²) in [6.45, 7) is 0. The molecule has 2 aromatic rings. The quantitative estimate of drug-likeness (QED) is 0.842. The van der Waals surface area contributed by atoms with Crippen molar-refractivity contribution in [2.45, 2.75) is 6.10 Å². The number of carboxylic acid groups (broad SMARTS) is 1. The zero-order valence-corrected chi connectivity index (χ0v) is 9.27. The summed E-state index contributed by atoms with van der Waals surface area (Å²) in [6, 6.07) is 5.04. The number of aromatic nitrogens is 1. The van der Waals surface area contributed by atoms with E-state index in [0.29, 0.717) is 16.1 Å². The lowest BCUT2D eigenvalue weighted by molar-refractivity contribution is -0.146. The Morgan fingerprint density at radius 1 is 1.50 bits per heavy atom. The molecule has 0 radical (unpaired) electrons. The summed E-state index contributed by atoms with van der Waals surface area (Å²) in [6.07, 6.45) is 0.151. The molecule has 0 spiro atoms. The van der Waals surface area contributed by atoms with Crippen molar-refractivity contribution < 1.29 is 15.0 Å². The Labute approximate surface area is 96.7 Å². The number of aliphatic hydroxyl groups is 1. The maximum absolute atomic E-state index is 10.8. The van der Waals surface area contributed by atoms with E-state index in [1.807, 2.05) is 0 Å². The first-order valence-electron chi connectivity index (χ1n) is 4.66. The van der Waals surface area contributed by atoms with Gasteiger partial charge in [0.25, 0.3) is 0 Å². The van der Waals surface area contributed by atoms with Crippen LogP contribution < -0.4 is 0 Å². The molecule has 0 saturated heterocycles. The smallest absolute Gasteiger partial charge is 0.337 e. The van der Waals surface area contributed by atoms with Gasteiger partial charge in [-0.2, -0.15) is 0 Å². The predicted molar refractivity (Wildman–Crippen MR) is 60.5 cm³/mol. The van der Waals surface area contributed by atoms with Gasteiger partial charge >= 0.3 is 5.97 Å². The SMILES string of the molecule is Cn1cc(Cl)c2cccc(C(O)C(=O)O)c21. The third-order valence-electron chi connectivity index (χ3n) is 2.51. The van der Waals surface area contributed by atoms with E-state index in [-0.39, 0.29) is 0 Å². The number of carboxylic acids is 1. The van der Waals surface area contributed by atoms with Crippen molar-refractivity contribution in [3.63, 3.8) is 0 Å². The van der Waals surface area contributed by atoms with Crippen molar-refractivity contribution in [1.29, 1.82) is 0 Å². The maximum Gasteiger partial charge on any atom is 0.337 e. The Morgan fingerprint density at radius 3 is 2.81 bits per heavy atom. The molecule has 2 N–H and O–H groups in total. The minimum absolute atomic E-state index is 0.347. The first-order chi connectivity index (χ1) is 7.52. The van der Waals surface area contributed by atoms with Gasteiger partial charge in [-0.1, -0.05) is 29.8 Å². The van der Waals surface area contributed by atoms with Crippen LogP contribution in [0.3, 0.4) is 0 Å². The monoisotopic (exact) mass is 239 g/mol. The fraction of sp³-hybridized carbons (Fsp3) is 0.182. The number of hydrogen-bond acceptors (Lipinski definition) is 2. The molecule has 0 amide bonds. The van der Waals surface area contributed by atoms with Crippen LogP contribution in [0.1, 0.15) is 11.7 Å². The van der Waals surface area contributed by atoms with Gasteiger partial charge in [0.15, 0.2) is 6.10 Å². The molecule has 84 valence electrons. The van der Waals surface area contributed by atoms with E-state index in [1.54, 1.807) is 36.0 Å². The molecule has 4 nitrogen and oxygen atoms in total. The van der Waals surface area contributed by atoms with Crippen LogP contribution in [-0.2, 0) is 11.8 Å².